The monoisotopic (exact) mass is 262 g/mol. The van der Waals surface area contributed by atoms with E-state index < -0.39 is 0 Å². The minimum absolute atomic E-state index is 0.696. The van der Waals surface area contributed by atoms with Gasteiger partial charge < -0.3 is 10.2 Å². The molecule has 1 unspecified atom stereocenters. The molecule has 0 amide bonds. The highest BCUT2D eigenvalue weighted by atomic mass is 15.2. The zero-order valence-electron chi connectivity index (χ0n) is 12.4. The Labute approximate surface area is 116 Å². The van der Waals surface area contributed by atoms with Crippen LogP contribution in [0.2, 0.25) is 0 Å². The summed E-state index contributed by atoms with van der Waals surface area (Å²) in [6.45, 7) is 6.45. The van der Waals surface area contributed by atoms with Crippen LogP contribution in [0.25, 0.3) is 0 Å². The molecule has 1 atom stereocenters. The van der Waals surface area contributed by atoms with Gasteiger partial charge in [0.2, 0.25) is 0 Å². The van der Waals surface area contributed by atoms with Crippen molar-refractivity contribution in [3.8, 4) is 0 Å². The van der Waals surface area contributed by atoms with E-state index in [1.807, 2.05) is 6.07 Å². The molecule has 1 aromatic heterocycles. The van der Waals surface area contributed by atoms with E-state index in [1.54, 1.807) is 0 Å². The van der Waals surface area contributed by atoms with Gasteiger partial charge in [-0.2, -0.15) is 0 Å². The van der Waals surface area contributed by atoms with E-state index in [2.05, 4.69) is 53.3 Å². The molecule has 1 aromatic rings. The highest BCUT2D eigenvalue weighted by Gasteiger charge is 2.23. The van der Waals surface area contributed by atoms with Crippen molar-refractivity contribution in [2.75, 3.05) is 39.0 Å². The largest absolute Gasteiger partial charge is 0.370 e. The van der Waals surface area contributed by atoms with Crippen LogP contribution in [0.4, 0.5) is 5.82 Å². The number of hydrogen-bond acceptors (Lipinski definition) is 4. The Bertz CT molecular complexity index is 391. The fourth-order valence-electron chi connectivity index (χ4n) is 2.53. The molecule has 0 aromatic carbocycles. The number of anilines is 1. The van der Waals surface area contributed by atoms with Gasteiger partial charge in [-0.25, -0.2) is 4.98 Å². The number of likely N-dealkylation sites (tertiary alicyclic amines) is 1. The summed E-state index contributed by atoms with van der Waals surface area (Å²) in [5.74, 6) is 1.00. The quantitative estimate of drug-likeness (QED) is 0.850. The number of pyridine rings is 1. The molecule has 0 spiro atoms. The number of hydrogen-bond donors (Lipinski definition) is 1. The number of likely N-dealkylation sites (N-methyl/N-ethyl adjacent to an activating group) is 1. The molecule has 1 aliphatic heterocycles. The van der Waals surface area contributed by atoms with Crippen LogP contribution in [0.5, 0.6) is 0 Å². The molecule has 4 nitrogen and oxygen atoms in total. The minimum atomic E-state index is 0.696. The molecule has 0 radical (unpaired) electrons. The van der Waals surface area contributed by atoms with Crippen molar-refractivity contribution in [3.05, 3.63) is 23.9 Å². The average molecular weight is 262 g/mol. The van der Waals surface area contributed by atoms with Gasteiger partial charge in [-0.05, 0) is 39.1 Å². The van der Waals surface area contributed by atoms with Crippen molar-refractivity contribution in [2.45, 2.75) is 32.4 Å². The van der Waals surface area contributed by atoms with Gasteiger partial charge >= 0.3 is 0 Å². The maximum Gasteiger partial charge on any atom is 0.126 e. The van der Waals surface area contributed by atoms with Crippen molar-refractivity contribution in [1.82, 2.24) is 14.8 Å². The predicted molar refractivity (Wildman–Crippen MR) is 80.4 cm³/mol. The van der Waals surface area contributed by atoms with Gasteiger partial charge in [0.25, 0.3) is 0 Å². The van der Waals surface area contributed by atoms with Crippen LogP contribution in [0.15, 0.2) is 18.2 Å². The van der Waals surface area contributed by atoms with Crippen LogP contribution in [0.1, 0.15) is 25.5 Å². The van der Waals surface area contributed by atoms with Crippen molar-refractivity contribution >= 4 is 5.82 Å². The Balaban J connectivity index is 1.89. The molecule has 19 heavy (non-hydrogen) atoms. The molecule has 106 valence electrons. The highest BCUT2D eigenvalue weighted by molar-refractivity contribution is 5.35. The van der Waals surface area contributed by atoms with Gasteiger partial charge in [0, 0.05) is 32.2 Å². The van der Waals surface area contributed by atoms with Crippen LogP contribution in [-0.4, -0.2) is 54.6 Å². The van der Waals surface area contributed by atoms with Crippen LogP contribution in [0, 0.1) is 0 Å². The third kappa shape index (κ3) is 4.18. The molecule has 0 bridgehead atoms. The number of aromatic nitrogens is 1. The normalized spacial score (nSPS) is 20.1. The first kappa shape index (κ1) is 14.3. The van der Waals surface area contributed by atoms with Gasteiger partial charge in [-0.15, -0.1) is 0 Å². The molecular weight excluding hydrogens is 236 g/mol. The average Bonchev–Trinajstić information content (AvgIpc) is 2.85. The first-order valence-corrected chi connectivity index (χ1v) is 7.27. The van der Waals surface area contributed by atoms with Gasteiger partial charge in [0.1, 0.15) is 5.82 Å². The lowest BCUT2D eigenvalue weighted by Crippen LogP contribution is -2.31. The first-order chi connectivity index (χ1) is 9.19. The second-order valence-electron chi connectivity index (χ2n) is 5.58. The summed E-state index contributed by atoms with van der Waals surface area (Å²) in [6.07, 6.45) is 2.39. The molecule has 1 aliphatic rings. The standard InChI is InChI=1S/C15H26N4/c1-4-9-16-15-7-5-6-13(17-15)11-19-10-8-14(12-19)18(2)3/h5-7,14H,4,8-12H2,1-3H3,(H,16,17). The first-order valence-electron chi connectivity index (χ1n) is 7.27. The molecule has 2 heterocycles. The molecule has 1 fully saturated rings. The lowest BCUT2D eigenvalue weighted by molar-refractivity contribution is 0.263. The Morgan fingerprint density at radius 1 is 1.42 bits per heavy atom. The van der Waals surface area contributed by atoms with E-state index in [0.717, 1.165) is 31.9 Å². The molecular formula is C15H26N4. The zero-order chi connectivity index (χ0) is 13.7. The molecule has 1 saturated heterocycles. The van der Waals surface area contributed by atoms with Crippen molar-refractivity contribution < 1.29 is 0 Å². The van der Waals surface area contributed by atoms with Crippen LogP contribution in [0.3, 0.4) is 0 Å². The summed E-state index contributed by atoms with van der Waals surface area (Å²) in [4.78, 5) is 9.50. The summed E-state index contributed by atoms with van der Waals surface area (Å²) in [5, 5.41) is 3.35. The summed E-state index contributed by atoms with van der Waals surface area (Å²) in [7, 11) is 4.34. The zero-order valence-corrected chi connectivity index (χ0v) is 12.4. The maximum atomic E-state index is 4.68. The summed E-state index contributed by atoms with van der Waals surface area (Å²) in [5.41, 5.74) is 1.17. The van der Waals surface area contributed by atoms with Crippen LogP contribution < -0.4 is 5.32 Å². The van der Waals surface area contributed by atoms with E-state index in [0.29, 0.717) is 6.04 Å². The van der Waals surface area contributed by atoms with E-state index in [-0.39, 0.29) is 0 Å². The molecule has 4 heteroatoms. The second kappa shape index (κ2) is 6.87. The number of nitrogens with one attached hydrogen (secondary N) is 1. The van der Waals surface area contributed by atoms with Gasteiger partial charge in [0.15, 0.2) is 0 Å². The Morgan fingerprint density at radius 2 is 2.26 bits per heavy atom. The molecule has 0 aliphatic carbocycles. The molecule has 0 saturated carbocycles. The van der Waals surface area contributed by atoms with E-state index >= 15 is 0 Å². The summed E-state index contributed by atoms with van der Waals surface area (Å²) in [6, 6.07) is 6.97. The molecule has 2 rings (SSSR count). The van der Waals surface area contributed by atoms with E-state index in [4.69, 9.17) is 0 Å². The summed E-state index contributed by atoms with van der Waals surface area (Å²) < 4.78 is 0. The van der Waals surface area contributed by atoms with Gasteiger partial charge in [0.05, 0.1) is 5.69 Å². The van der Waals surface area contributed by atoms with Crippen LogP contribution in [-0.2, 0) is 6.54 Å². The van der Waals surface area contributed by atoms with Crippen molar-refractivity contribution in [1.29, 1.82) is 0 Å². The Hall–Kier alpha value is -1.13. The minimum Gasteiger partial charge on any atom is -0.370 e. The summed E-state index contributed by atoms with van der Waals surface area (Å²) >= 11 is 0. The van der Waals surface area contributed by atoms with E-state index in [1.165, 1.54) is 18.7 Å². The van der Waals surface area contributed by atoms with Gasteiger partial charge in [-0.3, -0.25) is 4.90 Å². The smallest absolute Gasteiger partial charge is 0.126 e. The van der Waals surface area contributed by atoms with Crippen LogP contribution >= 0.6 is 0 Å². The van der Waals surface area contributed by atoms with Gasteiger partial charge in [-0.1, -0.05) is 13.0 Å². The fourth-order valence-corrected chi connectivity index (χ4v) is 2.53. The van der Waals surface area contributed by atoms with E-state index in [9.17, 15) is 0 Å². The second-order valence-corrected chi connectivity index (χ2v) is 5.58. The maximum absolute atomic E-state index is 4.68. The Kier molecular flexibility index (Phi) is 5.16. The van der Waals surface area contributed by atoms with Crippen molar-refractivity contribution in [3.63, 3.8) is 0 Å². The third-order valence-electron chi connectivity index (χ3n) is 3.73. The van der Waals surface area contributed by atoms with Crippen molar-refractivity contribution in [2.24, 2.45) is 0 Å². The third-order valence-corrected chi connectivity index (χ3v) is 3.73. The number of nitrogens with zero attached hydrogens (tertiary/aromatic N) is 3. The molecule has 1 N–H and O–H groups in total. The SMILES string of the molecule is CCCNc1cccc(CN2CCC(N(C)C)C2)n1. The number of rotatable bonds is 6. The lowest BCUT2D eigenvalue weighted by Gasteiger charge is -2.20. The lowest BCUT2D eigenvalue weighted by atomic mass is 10.2. The topological polar surface area (TPSA) is 31.4 Å². The Morgan fingerprint density at radius 3 is 2.95 bits per heavy atom. The predicted octanol–water partition coefficient (Wildman–Crippen LogP) is 2.04. The highest BCUT2D eigenvalue weighted by Crippen LogP contribution is 2.16. The fraction of sp³-hybridized carbons (Fsp3) is 0.667.